The molecule has 0 saturated carbocycles. The van der Waals surface area contributed by atoms with Gasteiger partial charge in [-0.25, -0.2) is 9.97 Å². The molecule has 1 amide bonds. The van der Waals surface area contributed by atoms with E-state index in [1.165, 1.54) is 0 Å². The number of rotatable bonds is 4. The number of amides is 1. The van der Waals surface area contributed by atoms with Gasteiger partial charge in [0.05, 0.1) is 0 Å². The van der Waals surface area contributed by atoms with Crippen molar-refractivity contribution in [2.24, 2.45) is 0 Å². The first-order chi connectivity index (χ1) is 14.0. The van der Waals surface area contributed by atoms with Gasteiger partial charge in [0, 0.05) is 70.0 Å². The zero-order chi connectivity index (χ0) is 20.4. The number of hydrogen-bond acceptors (Lipinski definition) is 5. The smallest absolute Gasteiger partial charge is 0.253 e. The van der Waals surface area contributed by atoms with Gasteiger partial charge in [0.25, 0.3) is 5.91 Å². The molecule has 7 nitrogen and oxygen atoms in total. The summed E-state index contributed by atoms with van der Waals surface area (Å²) in [6.07, 6.45) is 3.95. The fourth-order valence-electron chi connectivity index (χ4n) is 3.54. The predicted octanol–water partition coefficient (Wildman–Crippen LogP) is 2.60. The molecule has 1 aromatic carbocycles. The molecule has 0 atom stereocenters. The summed E-state index contributed by atoms with van der Waals surface area (Å²) in [6, 6.07) is 13.7. The lowest BCUT2D eigenvalue weighted by atomic mass is 10.1. The topological polar surface area (TPSA) is 57.5 Å². The molecule has 0 N–H and O–H groups in total. The van der Waals surface area contributed by atoms with Crippen molar-refractivity contribution in [3.63, 3.8) is 0 Å². The lowest BCUT2D eigenvalue weighted by Crippen LogP contribution is -2.49. The minimum atomic E-state index is 0.0851. The number of nitrogens with zero attached hydrogens (tertiary/aromatic N) is 6. The molecular formula is C22H26N6O. The third kappa shape index (κ3) is 4.08. The Hall–Kier alpha value is -3.35. The Kier molecular flexibility index (Phi) is 5.20. The lowest BCUT2D eigenvalue weighted by Gasteiger charge is -2.35. The van der Waals surface area contributed by atoms with Crippen LogP contribution in [0.25, 0.3) is 5.82 Å². The number of aryl methyl sites for hydroxylation is 1. The van der Waals surface area contributed by atoms with Crippen molar-refractivity contribution in [1.82, 2.24) is 19.4 Å². The van der Waals surface area contributed by atoms with Crippen LogP contribution in [-0.4, -0.2) is 65.6 Å². The molecule has 2 aromatic heterocycles. The Morgan fingerprint density at radius 1 is 0.931 bits per heavy atom. The van der Waals surface area contributed by atoms with E-state index in [0.29, 0.717) is 13.1 Å². The summed E-state index contributed by atoms with van der Waals surface area (Å²) in [4.78, 5) is 28.2. The van der Waals surface area contributed by atoms with Crippen LogP contribution in [0.3, 0.4) is 0 Å². The molecule has 3 heterocycles. The molecule has 1 aliphatic heterocycles. The van der Waals surface area contributed by atoms with E-state index in [2.05, 4.69) is 14.9 Å². The highest BCUT2D eigenvalue weighted by atomic mass is 16.2. The Labute approximate surface area is 171 Å². The predicted molar refractivity (Wildman–Crippen MR) is 115 cm³/mol. The highest BCUT2D eigenvalue weighted by molar-refractivity contribution is 5.94. The van der Waals surface area contributed by atoms with Crippen molar-refractivity contribution >= 4 is 17.4 Å². The van der Waals surface area contributed by atoms with Gasteiger partial charge in [0.1, 0.15) is 17.5 Å². The van der Waals surface area contributed by atoms with Crippen molar-refractivity contribution in [3.8, 4) is 5.82 Å². The molecule has 1 fully saturated rings. The lowest BCUT2D eigenvalue weighted by molar-refractivity contribution is 0.0746. The Morgan fingerprint density at radius 3 is 2.17 bits per heavy atom. The SMILES string of the molecule is Cc1nc(N2CCN(C(=O)c3ccc(N(C)C)cc3)CC2)cc(-n2cccc2)n1. The molecule has 0 unspecified atom stereocenters. The molecule has 29 heavy (non-hydrogen) atoms. The van der Waals surface area contributed by atoms with Gasteiger partial charge in [-0.15, -0.1) is 0 Å². The normalized spacial score (nSPS) is 14.2. The van der Waals surface area contributed by atoms with Crippen molar-refractivity contribution in [1.29, 1.82) is 0 Å². The van der Waals surface area contributed by atoms with Gasteiger partial charge in [0.2, 0.25) is 0 Å². The van der Waals surface area contributed by atoms with Crippen LogP contribution in [0.15, 0.2) is 54.9 Å². The summed E-state index contributed by atoms with van der Waals surface area (Å²) in [5.74, 6) is 2.59. The van der Waals surface area contributed by atoms with E-state index in [1.54, 1.807) is 0 Å². The van der Waals surface area contributed by atoms with Crippen molar-refractivity contribution < 1.29 is 4.79 Å². The standard InChI is InChI=1S/C22H26N6O/c1-17-23-20(26-10-4-5-11-26)16-21(24-17)27-12-14-28(15-13-27)22(29)18-6-8-19(9-7-18)25(2)3/h4-11,16H,12-15H2,1-3H3. The van der Waals surface area contributed by atoms with E-state index in [9.17, 15) is 4.79 Å². The number of anilines is 2. The summed E-state index contributed by atoms with van der Waals surface area (Å²) in [7, 11) is 3.99. The van der Waals surface area contributed by atoms with E-state index in [4.69, 9.17) is 0 Å². The summed E-state index contributed by atoms with van der Waals surface area (Å²) in [5, 5.41) is 0. The van der Waals surface area contributed by atoms with Crippen molar-refractivity contribution in [3.05, 3.63) is 66.2 Å². The summed E-state index contributed by atoms with van der Waals surface area (Å²) in [6.45, 7) is 4.77. The zero-order valence-electron chi connectivity index (χ0n) is 17.1. The van der Waals surface area contributed by atoms with Gasteiger partial charge >= 0.3 is 0 Å². The first kappa shape index (κ1) is 19.0. The zero-order valence-corrected chi connectivity index (χ0v) is 17.1. The van der Waals surface area contributed by atoms with Crippen molar-refractivity contribution in [2.45, 2.75) is 6.92 Å². The van der Waals surface area contributed by atoms with Crippen LogP contribution in [0.1, 0.15) is 16.2 Å². The minimum absolute atomic E-state index is 0.0851. The summed E-state index contributed by atoms with van der Waals surface area (Å²) >= 11 is 0. The molecule has 150 valence electrons. The van der Waals surface area contributed by atoms with E-state index in [1.807, 2.05) is 90.2 Å². The number of aromatic nitrogens is 3. The fraction of sp³-hybridized carbons (Fsp3) is 0.318. The Bertz CT molecular complexity index is 973. The van der Waals surface area contributed by atoms with Gasteiger partial charge in [-0.1, -0.05) is 0 Å². The Morgan fingerprint density at radius 2 is 1.55 bits per heavy atom. The highest BCUT2D eigenvalue weighted by Crippen LogP contribution is 2.19. The van der Waals surface area contributed by atoms with Crippen molar-refractivity contribution in [2.75, 3.05) is 50.1 Å². The fourth-order valence-corrected chi connectivity index (χ4v) is 3.54. The van der Waals surface area contributed by atoms with Gasteiger partial charge in [-0.05, 0) is 43.3 Å². The molecule has 0 spiro atoms. The molecule has 7 heteroatoms. The van der Waals surface area contributed by atoms with Gasteiger partial charge < -0.3 is 19.3 Å². The maximum absolute atomic E-state index is 12.9. The van der Waals surface area contributed by atoms with Gasteiger partial charge in [0.15, 0.2) is 0 Å². The third-order valence-electron chi connectivity index (χ3n) is 5.20. The third-order valence-corrected chi connectivity index (χ3v) is 5.20. The molecular weight excluding hydrogens is 364 g/mol. The Balaban J connectivity index is 1.43. The van der Waals surface area contributed by atoms with Crippen LogP contribution in [-0.2, 0) is 0 Å². The van der Waals surface area contributed by atoms with E-state index in [-0.39, 0.29) is 5.91 Å². The first-order valence-electron chi connectivity index (χ1n) is 9.82. The average Bonchev–Trinajstić information content (AvgIpc) is 3.28. The van der Waals surface area contributed by atoms with E-state index in [0.717, 1.165) is 41.8 Å². The second-order valence-corrected chi connectivity index (χ2v) is 7.44. The number of carbonyl (C=O) groups is 1. The van der Waals surface area contributed by atoms with E-state index < -0.39 is 0 Å². The number of carbonyl (C=O) groups excluding carboxylic acids is 1. The van der Waals surface area contributed by atoms with Crippen LogP contribution < -0.4 is 9.80 Å². The molecule has 1 aliphatic rings. The first-order valence-corrected chi connectivity index (χ1v) is 9.82. The number of benzene rings is 1. The molecule has 1 saturated heterocycles. The monoisotopic (exact) mass is 390 g/mol. The maximum atomic E-state index is 12.9. The summed E-state index contributed by atoms with van der Waals surface area (Å²) in [5.41, 5.74) is 1.82. The van der Waals surface area contributed by atoms with Crippen LogP contribution in [0.2, 0.25) is 0 Å². The number of piperazine rings is 1. The van der Waals surface area contributed by atoms with Crippen LogP contribution in [0, 0.1) is 6.92 Å². The van der Waals surface area contributed by atoms with Crippen LogP contribution in [0.5, 0.6) is 0 Å². The highest BCUT2D eigenvalue weighted by Gasteiger charge is 2.23. The largest absolute Gasteiger partial charge is 0.378 e. The maximum Gasteiger partial charge on any atom is 0.253 e. The van der Waals surface area contributed by atoms with Gasteiger partial charge in [-0.2, -0.15) is 0 Å². The second-order valence-electron chi connectivity index (χ2n) is 7.44. The number of hydrogen-bond donors (Lipinski definition) is 0. The van der Waals surface area contributed by atoms with Crippen LogP contribution >= 0.6 is 0 Å². The minimum Gasteiger partial charge on any atom is -0.378 e. The second kappa shape index (κ2) is 7.95. The molecule has 0 radical (unpaired) electrons. The summed E-state index contributed by atoms with van der Waals surface area (Å²) < 4.78 is 1.98. The van der Waals surface area contributed by atoms with E-state index >= 15 is 0 Å². The molecule has 0 aliphatic carbocycles. The molecule has 0 bridgehead atoms. The average molecular weight is 390 g/mol. The molecule has 4 rings (SSSR count). The van der Waals surface area contributed by atoms with Gasteiger partial charge in [-0.3, -0.25) is 4.79 Å². The molecule has 3 aromatic rings. The quantitative estimate of drug-likeness (QED) is 0.685. The van der Waals surface area contributed by atoms with Crippen LogP contribution in [0.4, 0.5) is 11.5 Å².